The van der Waals surface area contributed by atoms with Crippen molar-refractivity contribution in [2.24, 2.45) is 5.73 Å². The molecule has 2 N–H and O–H groups in total. The van der Waals surface area contributed by atoms with Gasteiger partial charge >= 0.3 is 0 Å². The van der Waals surface area contributed by atoms with Crippen LogP contribution in [0.4, 0.5) is 0 Å². The predicted octanol–water partition coefficient (Wildman–Crippen LogP) is 1.81. The third-order valence-electron chi connectivity index (χ3n) is 3.81. The number of nitrogens with two attached hydrogens (primary N) is 1. The fourth-order valence-corrected chi connectivity index (χ4v) is 2.78. The number of pyridine rings is 1. The van der Waals surface area contributed by atoms with Crippen molar-refractivity contribution in [3.63, 3.8) is 0 Å². The van der Waals surface area contributed by atoms with Gasteiger partial charge in [-0.1, -0.05) is 6.92 Å². The van der Waals surface area contributed by atoms with E-state index in [-0.39, 0.29) is 0 Å². The molecule has 0 aromatic carbocycles. The molecule has 0 bridgehead atoms. The van der Waals surface area contributed by atoms with Crippen LogP contribution in [0.25, 0.3) is 5.82 Å². The van der Waals surface area contributed by atoms with E-state index in [0.717, 1.165) is 49.2 Å². The molecule has 104 valence electrons. The molecule has 0 atom stereocenters. The van der Waals surface area contributed by atoms with Gasteiger partial charge in [-0.25, -0.2) is 9.97 Å². The van der Waals surface area contributed by atoms with Crippen LogP contribution in [0, 0.1) is 0 Å². The van der Waals surface area contributed by atoms with Gasteiger partial charge in [0.1, 0.15) is 5.82 Å². The minimum absolute atomic E-state index is 0.434. The molecule has 5 heteroatoms. The van der Waals surface area contributed by atoms with E-state index in [1.807, 2.05) is 23.8 Å². The Bertz CT molecular complexity index is 660. The highest BCUT2D eigenvalue weighted by Gasteiger charge is 2.19. The van der Waals surface area contributed by atoms with Gasteiger partial charge in [-0.05, 0) is 37.3 Å². The molecule has 0 spiro atoms. The Labute approximate surface area is 117 Å². The maximum atomic E-state index is 11.8. The van der Waals surface area contributed by atoms with Crippen LogP contribution in [-0.4, -0.2) is 20.4 Å². The lowest BCUT2D eigenvalue weighted by atomic mass is 9.94. The first-order valence-electron chi connectivity index (χ1n) is 7.06. The van der Waals surface area contributed by atoms with Gasteiger partial charge in [0.2, 0.25) is 0 Å². The lowest BCUT2D eigenvalue weighted by Gasteiger charge is -2.18. The fraction of sp³-hybridized carbons (Fsp3) is 0.400. The van der Waals surface area contributed by atoms with E-state index in [1.54, 1.807) is 6.20 Å². The van der Waals surface area contributed by atoms with Gasteiger partial charge in [-0.2, -0.15) is 0 Å². The van der Waals surface area contributed by atoms with Crippen molar-refractivity contribution >= 4 is 5.91 Å². The maximum absolute atomic E-state index is 11.8. The molecule has 2 aromatic heterocycles. The SMILES string of the molecule is CCc1nccn1-c1nc2c(cc1C(N)=O)CCCC2. The highest BCUT2D eigenvalue weighted by Crippen LogP contribution is 2.24. The van der Waals surface area contributed by atoms with Gasteiger partial charge in [0.05, 0.1) is 5.56 Å². The molecule has 0 saturated carbocycles. The number of fused-ring (bicyclic) bond motifs is 1. The van der Waals surface area contributed by atoms with E-state index < -0.39 is 5.91 Å². The monoisotopic (exact) mass is 270 g/mol. The molecule has 3 rings (SSSR count). The fourth-order valence-electron chi connectivity index (χ4n) is 2.78. The van der Waals surface area contributed by atoms with Gasteiger partial charge in [-0.3, -0.25) is 9.36 Å². The third-order valence-corrected chi connectivity index (χ3v) is 3.81. The number of amides is 1. The number of carbonyl (C=O) groups is 1. The Kier molecular flexibility index (Phi) is 3.26. The number of hydrogen-bond donors (Lipinski definition) is 1. The third kappa shape index (κ3) is 2.09. The molecule has 2 aromatic rings. The average Bonchev–Trinajstić information content (AvgIpc) is 2.94. The van der Waals surface area contributed by atoms with Crippen molar-refractivity contribution in [1.82, 2.24) is 14.5 Å². The number of rotatable bonds is 3. The molecule has 0 fully saturated rings. The van der Waals surface area contributed by atoms with Crippen LogP contribution in [0.15, 0.2) is 18.5 Å². The summed E-state index contributed by atoms with van der Waals surface area (Å²) >= 11 is 0. The normalized spacial score (nSPS) is 14.1. The number of nitrogens with zero attached hydrogens (tertiary/aromatic N) is 3. The largest absolute Gasteiger partial charge is 0.365 e. The molecule has 0 saturated heterocycles. The minimum Gasteiger partial charge on any atom is -0.365 e. The average molecular weight is 270 g/mol. The number of hydrogen-bond acceptors (Lipinski definition) is 3. The summed E-state index contributed by atoms with van der Waals surface area (Å²) < 4.78 is 1.87. The van der Waals surface area contributed by atoms with E-state index in [2.05, 4.69) is 4.98 Å². The Morgan fingerprint density at radius 3 is 2.95 bits per heavy atom. The van der Waals surface area contributed by atoms with Gasteiger partial charge < -0.3 is 5.73 Å². The molecule has 1 aliphatic rings. The zero-order chi connectivity index (χ0) is 14.1. The molecule has 1 amide bonds. The first-order chi connectivity index (χ1) is 9.70. The van der Waals surface area contributed by atoms with Crippen molar-refractivity contribution in [2.75, 3.05) is 0 Å². The van der Waals surface area contributed by atoms with E-state index in [9.17, 15) is 4.79 Å². The quantitative estimate of drug-likeness (QED) is 0.924. The summed E-state index contributed by atoms with van der Waals surface area (Å²) in [6.07, 6.45) is 8.60. The Morgan fingerprint density at radius 2 is 2.20 bits per heavy atom. The molecule has 0 unspecified atom stereocenters. The summed E-state index contributed by atoms with van der Waals surface area (Å²) in [7, 11) is 0. The van der Waals surface area contributed by atoms with Crippen LogP contribution in [0.1, 0.15) is 47.2 Å². The number of aromatic nitrogens is 3. The number of carbonyl (C=O) groups excluding carboxylic acids is 1. The molecule has 2 heterocycles. The van der Waals surface area contributed by atoms with Crippen molar-refractivity contribution in [1.29, 1.82) is 0 Å². The summed E-state index contributed by atoms with van der Waals surface area (Å²) in [5.41, 5.74) is 8.27. The van der Waals surface area contributed by atoms with Crippen molar-refractivity contribution in [3.8, 4) is 5.82 Å². The zero-order valence-electron chi connectivity index (χ0n) is 11.6. The van der Waals surface area contributed by atoms with Crippen molar-refractivity contribution < 1.29 is 4.79 Å². The molecule has 5 nitrogen and oxygen atoms in total. The molecule has 1 aliphatic carbocycles. The first kappa shape index (κ1) is 12.8. The lowest BCUT2D eigenvalue weighted by Crippen LogP contribution is -2.19. The van der Waals surface area contributed by atoms with E-state index >= 15 is 0 Å². The van der Waals surface area contributed by atoms with Gasteiger partial charge in [0.25, 0.3) is 5.91 Å². The molecule has 20 heavy (non-hydrogen) atoms. The van der Waals surface area contributed by atoms with Crippen LogP contribution in [0.5, 0.6) is 0 Å². The van der Waals surface area contributed by atoms with Crippen LogP contribution in [-0.2, 0) is 19.3 Å². The minimum atomic E-state index is -0.434. The van der Waals surface area contributed by atoms with E-state index in [0.29, 0.717) is 11.4 Å². The van der Waals surface area contributed by atoms with Crippen LogP contribution < -0.4 is 5.73 Å². The zero-order valence-corrected chi connectivity index (χ0v) is 11.6. The number of imidazole rings is 1. The summed E-state index contributed by atoms with van der Waals surface area (Å²) in [6, 6.07) is 1.92. The number of aryl methyl sites for hydroxylation is 3. The lowest BCUT2D eigenvalue weighted by molar-refractivity contribution is 0.1000. The second kappa shape index (κ2) is 5.07. The van der Waals surface area contributed by atoms with E-state index in [4.69, 9.17) is 10.7 Å². The maximum Gasteiger partial charge on any atom is 0.252 e. The molecular weight excluding hydrogens is 252 g/mol. The van der Waals surface area contributed by atoms with Gasteiger partial charge in [-0.15, -0.1) is 0 Å². The van der Waals surface area contributed by atoms with Gasteiger partial charge in [0.15, 0.2) is 5.82 Å². The number of primary amides is 1. The summed E-state index contributed by atoms with van der Waals surface area (Å²) in [6.45, 7) is 2.03. The standard InChI is InChI=1S/C15H18N4O/c1-2-13-17-7-8-19(13)15-11(14(16)20)9-10-5-3-4-6-12(10)18-15/h7-9H,2-6H2,1H3,(H2,16,20). The molecule has 0 radical (unpaired) electrons. The Hall–Kier alpha value is -2.17. The highest BCUT2D eigenvalue weighted by molar-refractivity contribution is 5.96. The Balaban J connectivity index is 2.20. The second-order valence-corrected chi connectivity index (χ2v) is 5.10. The smallest absolute Gasteiger partial charge is 0.252 e. The predicted molar refractivity (Wildman–Crippen MR) is 75.9 cm³/mol. The highest BCUT2D eigenvalue weighted by atomic mass is 16.1. The van der Waals surface area contributed by atoms with Gasteiger partial charge in [0, 0.05) is 24.5 Å². The second-order valence-electron chi connectivity index (χ2n) is 5.10. The Morgan fingerprint density at radius 1 is 1.40 bits per heavy atom. The molecular formula is C15H18N4O. The van der Waals surface area contributed by atoms with Crippen molar-refractivity contribution in [2.45, 2.75) is 39.0 Å². The van der Waals surface area contributed by atoms with Crippen LogP contribution in [0.3, 0.4) is 0 Å². The first-order valence-corrected chi connectivity index (χ1v) is 7.06. The van der Waals surface area contributed by atoms with Crippen molar-refractivity contribution in [3.05, 3.63) is 41.1 Å². The summed E-state index contributed by atoms with van der Waals surface area (Å²) in [5, 5.41) is 0. The van der Waals surface area contributed by atoms with E-state index in [1.165, 1.54) is 0 Å². The van der Waals surface area contributed by atoms with Crippen LogP contribution in [0.2, 0.25) is 0 Å². The summed E-state index contributed by atoms with van der Waals surface area (Å²) in [4.78, 5) is 20.8. The topological polar surface area (TPSA) is 73.8 Å². The van der Waals surface area contributed by atoms with Crippen LogP contribution >= 0.6 is 0 Å². The summed E-state index contributed by atoms with van der Waals surface area (Å²) in [5.74, 6) is 1.07. The molecule has 0 aliphatic heterocycles.